The van der Waals surface area contributed by atoms with E-state index in [2.05, 4.69) is 5.32 Å². The number of hydrogen-bond donors (Lipinski definition) is 2. The number of nitrogens with one attached hydrogen (secondary N) is 1. The Hall–Kier alpha value is -2.37. The van der Waals surface area contributed by atoms with Crippen molar-refractivity contribution in [2.75, 3.05) is 13.2 Å². The van der Waals surface area contributed by atoms with Gasteiger partial charge in [0.2, 0.25) is 0 Å². The summed E-state index contributed by atoms with van der Waals surface area (Å²) in [5.74, 6) is -2.00. The van der Waals surface area contributed by atoms with E-state index in [9.17, 15) is 14.4 Å². The van der Waals surface area contributed by atoms with Gasteiger partial charge in [0, 0.05) is 5.56 Å². The molecule has 0 aliphatic carbocycles. The van der Waals surface area contributed by atoms with Crippen LogP contribution in [0, 0.1) is 0 Å². The van der Waals surface area contributed by atoms with Crippen LogP contribution < -0.4 is 5.32 Å². The maximum absolute atomic E-state index is 11.7. The Balaban J connectivity index is 2.42. The summed E-state index contributed by atoms with van der Waals surface area (Å²) in [6.45, 7) is 2.12. The van der Waals surface area contributed by atoms with Crippen LogP contribution in [-0.4, -0.2) is 36.1 Å². The lowest BCUT2D eigenvalue weighted by molar-refractivity contribution is -0.142. The summed E-state index contributed by atoms with van der Waals surface area (Å²) in [5, 5.41) is 11.1. The fourth-order valence-corrected chi connectivity index (χ4v) is 1.40. The van der Waals surface area contributed by atoms with Crippen molar-refractivity contribution in [1.29, 1.82) is 0 Å². The largest absolute Gasteiger partial charge is 0.478 e. The van der Waals surface area contributed by atoms with Crippen LogP contribution >= 0.6 is 0 Å². The highest BCUT2D eigenvalue weighted by atomic mass is 16.5. The number of carbonyl (C=O) groups is 3. The molecule has 1 amide bonds. The van der Waals surface area contributed by atoms with Crippen molar-refractivity contribution in [3.63, 3.8) is 0 Å². The number of unbranched alkanes of at least 4 members (excludes halogenated alkanes) is 1. The number of amides is 1. The molecule has 1 rings (SSSR count). The van der Waals surface area contributed by atoms with Gasteiger partial charge in [-0.3, -0.25) is 9.59 Å². The van der Waals surface area contributed by atoms with Crippen LogP contribution in [0.3, 0.4) is 0 Å². The molecular weight excluding hydrogens is 262 g/mol. The number of carboxylic acid groups (broad SMARTS) is 1. The van der Waals surface area contributed by atoms with Gasteiger partial charge in [-0.2, -0.15) is 0 Å². The van der Waals surface area contributed by atoms with Crippen LogP contribution in [0.1, 0.15) is 40.5 Å². The second-order valence-electron chi connectivity index (χ2n) is 4.14. The van der Waals surface area contributed by atoms with Gasteiger partial charge in [-0.1, -0.05) is 13.3 Å². The Bertz CT molecular complexity index is 481. The lowest BCUT2D eigenvalue weighted by Gasteiger charge is -2.06. The highest BCUT2D eigenvalue weighted by Gasteiger charge is 2.10. The average Bonchev–Trinajstić information content (AvgIpc) is 2.45. The third-order valence-electron chi connectivity index (χ3n) is 2.55. The second kappa shape index (κ2) is 7.93. The van der Waals surface area contributed by atoms with Gasteiger partial charge in [0.15, 0.2) is 0 Å². The average molecular weight is 279 g/mol. The second-order valence-corrected chi connectivity index (χ2v) is 4.14. The van der Waals surface area contributed by atoms with Gasteiger partial charge in [-0.05, 0) is 30.7 Å². The molecule has 0 heterocycles. The van der Waals surface area contributed by atoms with E-state index in [1.54, 1.807) is 0 Å². The number of aromatic carboxylic acids is 1. The Labute approximate surface area is 116 Å². The Morgan fingerprint density at radius 1 is 1.15 bits per heavy atom. The predicted octanol–water partition coefficient (Wildman–Crippen LogP) is 1.46. The molecule has 108 valence electrons. The molecule has 0 aliphatic heterocycles. The summed E-state index contributed by atoms with van der Waals surface area (Å²) in [6.07, 6.45) is 1.71. The lowest BCUT2D eigenvalue weighted by Crippen LogP contribution is -2.30. The minimum atomic E-state index is -1.06. The number of hydrogen-bond acceptors (Lipinski definition) is 4. The first kappa shape index (κ1) is 15.7. The molecule has 1 aromatic carbocycles. The summed E-state index contributed by atoms with van der Waals surface area (Å²) in [4.78, 5) is 33.6. The van der Waals surface area contributed by atoms with Crippen molar-refractivity contribution >= 4 is 17.8 Å². The van der Waals surface area contributed by atoms with Gasteiger partial charge in [0.1, 0.15) is 6.54 Å². The SMILES string of the molecule is CCCCOC(=O)CNC(=O)c1ccc(C(=O)O)cc1. The van der Waals surface area contributed by atoms with Crippen molar-refractivity contribution in [2.24, 2.45) is 0 Å². The standard InChI is InChI=1S/C14H17NO5/c1-2-3-8-20-12(16)9-15-13(17)10-4-6-11(7-5-10)14(18)19/h4-7H,2-3,8-9H2,1H3,(H,15,17)(H,18,19). The molecule has 1 aromatic rings. The predicted molar refractivity (Wildman–Crippen MR) is 71.6 cm³/mol. The van der Waals surface area contributed by atoms with Crippen LogP contribution in [0.25, 0.3) is 0 Å². The summed E-state index contributed by atoms with van der Waals surface area (Å²) >= 11 is 0. The smallest absolute Gasteiger partial charge is 0.335 e. The number of ether oxygens (including phenoxy) is 1. The Kier molecular flexibility index (Phi) is 6.22. The van der Waals surface area contributed by atoms with Gasteiger partial charge in [0.05, 0.1) is 12.2 Å². The minimum Gasteiger partial charge on any atom is -0.478 e. The summed E-state index contributed by atoms with van der Waals surface area (Å²) in [7, 11) is 0. The van der Waals surface area contributed by atoms with Gasteiger partial charge in [0.25, 0.3) is 5.91 Å². The first-order chi connectivity index (χ1) is 9.54. The van der Waals surface area contributed by atoms with E-state index in [1.165, 1.54) is 24.3 Å². The maximum Gasteiger partial charge on any atom is 0.335 e. The molecule has 0 unspecified atom stereocenters. The summed E-state index contributed by atoms with van der Waals surface area (Å²) in [6, 6.07) is 5.44. The molecule has 2 N–H and O–H groups in total. The van der Waals surface area contributed by atoms with Crippen molar-refractivity contribution < 1.29 is 24.2 Å². The third kappa shape index (κ3) is 5.09. The van der Waals surface area contributed by atoms with Crippen LogP contribution in [0.15, 0.2) is 24.3 Å². The lowest BCUT2D eigenvalue weighted by atomic mass is 10.1. The van der Waals surface area contributed by atoms with Crippen molar-refractivity contribution in [1.82, 2.24) is 5.32 Å². The summed E-state index contributed by atoms with van der Waals surface area (Å²) < 4.78 is 4.89. The van der Waals surface area contributed by atoms with Crippen LogP contribution in [0.4, 0.5) is 0 Å². The van der Waals surface area contributed by atoms with Gasteiger partial charge in [-0.15, -0.1) is 0 Å². The van der Waals surface area contributed by atoms with Crippen molar-refractivity contribution in [2.45, 2.75) is 19.8 Å². The summed E-state index contributed by atoms with van der Waals surface area (Å²) in [5.41, 5.74) is 0.386. The first-order valence-electron chi connectivity index (χ1n) is 6.31. The van der Waals surface area contributed by atoms with E-state index in [4.69, 9.17) is 9.84 Å². The molecule has 0 radical (unpaired) electrons. The van der Waals surface area contributed by atoms with Crippen molar-refractivity contribution in [3.05, 3.63) is 35.4 Å². The Morgan fingerprint density at radius 3 is 2.30 bits per heavy atom. The van der Waals surface area contributed by atoms with Gasteiger partial charge in [-0.25, -0.2) is 4.79 Å². The fourth-order valence-electron chi connectivity index (χ4n) is 1.40. The first-order valence-corrected chi connectivity index (χ1v) is 6.31. The highest BCUT2D eigenvalue weighted by molar-refractivity contribution is 5.97. The zero-order valence-corrected chi connectivity index (χ0v) is 11.2. The molecule has 0 bridgehead atoms. The molecule has 20 heavy (non-hydrogen) atoms. The van der Waals surface area contributed by atoms with Crippen LogP contribution in [-0.2, 0) is 9.53 Å². The minimum absolute atomic E-state index is 0.0977. The molecule has 6 nitrogen and oxygen atoms in total. The molecule has 0 spiro atoms. The Morgan fingerprint density at radius 2 is 1.75 bits per heavy atom. The molecule has 0 aromatic heterocycles. The zero-order valence-electron chi connectivity index (χ0n) is 11.2. The van der Waals surface area contributed by atoms with E-state index >= 15 is 0 Å². The third-order valence-corrected chi connectivity index (χ3v) is 2.55. The van der Waals surface area contributed by atoms with E-state index in [0.29, 0.717) is 6.61 Å². The van der Waals surface area contributed by atoms with Gasteiger partial charge >= 0.3 is 11.9 Å². The monoisotopic (exact) mass is 279 g/mol. The molecule has 0 atom stereocenters. The molecular formula is C14H17NO5. The van der Waals surface area contributed by atoms with E-state index in [-0.39, 0.29) is 17.7 Å². The van der Waals surface area contributed by atoms with Crippen LogP contribution in [0.5, 0.6) is 0 Å². The van der Waals surface area contributed by atoms with Crippen LogP contribution in [0.2, 0.25) is 0 Å². The molecule has 6 heteroatoms. The number of carbonyl (C=O) groups excluding carboxylic acids is 2. The normalized spacial score (nSPS) is 9.85. The van der Waals surface area contributed by atoms with E-state index in [1.807, 2.05) is 6.92 Å². The number of rotatable bonds is 7. The zero-order chi connectivity index (χ0) is 15.0. The molecule has 0 saturated carbocycles. The highest BCUT2D eigenvalue weighted by Crippen LogP contribution is 2.04. The number of esters is 1. The molecule has 0 saturated heterocycles. The fraction of sp³-hybridized carbons (Fsp3) is 0.357. The van der Waals surface area contributed by atoms with E-state index < -0.39 is 17.8 Å². The maximum atomic E-state index is 11.7. The topological polar surface area (TPSA) is 92.7 Å². The molecule has 0 aliphatic rings. The quantitative estimate of drug-likeness (QED) is 0.582. The van der Waals surface area contributed by atoms with Crippen molar-refractivity contribution in [3.8, 4) is 0 Å². The molecule has 0 fully saturated rings. The number of benzene rings is 1. The van der Waals surface area contributed by atoms with Gasteiger partial charge < -0.3 is 15.2 Å². The number of carboxylic acids is 1. The van der Waals surface area contributed by atoms with E-state index in [0.717, 1.165) is 12.8 Å².